The van der Waals surface area contributed by atoms with Crippen LogP contribution in [0.15, 0.2) is 18.2 Å². The molecule has 20 heavy (non-hydrogen) atoms. The summed E-state index contributed by atoms with van der Waals surface area (Å²) < 4.78 is 14.4. The van der Waals surface area contributed by atoms with Crippen molar-refractivity contribution in [3.8, 4) is 12.3 Å². The predicted octanol–water partition coefficient (Wildman–Crippen LogP) is 2.72. The molecule has 0 saturated carbocycles. The van der Waals surface area contributed by atoms with Gasteiger partial charge in [0.1, 0.15) is 10.7 Å². The normalized spacial score (nSPS) is 10.4. The van der Waals surface area contributed by atoms with Crippen molar-refractivity contribution in [2.24, 2.45) is 0 Å². The van der Waals surface area contributed by atoms with E-state index in [1.165, 1.54) is 17.4 Å². The molecule has 0 saturated heterocycles. The lowest BCUT2D eigenvalue weighted by molar-refractivity contribution is 0.0961. The van der Waals surface area contributed by atoms with Crippen molar-refractivity contribution < 1.29 is 9.18 Å². The molecule has 0 fully saturated rings. The van der Waals surface area contributed by atoms with Crippen LogP contribution in [0.25, 0.3) is 10.1 Å². The van der Waals surface area contributed by atoms with Crippen molar-refractivity contribution in [1.29, 1.82) is 0 Å². The Morgan fingerprint density at radius 1 is 1.55 bits per heavy atom. The van der Waals surface area contributed by atoms with E-state index >= 15 is 0 Å². The molecule has 0 bridgehead atoms. The largest absolute Gasteiger partial charge is 0.397 e. The van der Waals surface area contributed by atoms with Gasteiger partial charge in [-0.2, -0.15) is 0 Å². The lowest BCUT2D eigenvalue weighted by Gasteiger charge is -2.03. The van der Waals surface area contributed by atoms with Crippen LogP contribution < -0.4 is 11.1 Å². The molecule has 0 unspecified atom stereocenters. The molecule has 1 aromatic heterocycles. The number of nitrogens with one attached hydrogen (secondary N) is 1. The smallest absolute Gasteiger partial charge is 0.263 e. The Bertz CT molecular complexity index is 676. The lowest BCUT2D eigenvalue weighted by Crippen LogP contribution is -2.25. The van der Waals surface area contributed by atoms with Crippen molar-refractivity contribution >= 4 is 44.8 Å². The number of anilines is 1. The van der Waals surface area contributed by atoms with E-state index in [1.807, 2.05) is 0 Å². The van der Waals surface area contributed by atoms with Crippen LogP contribution >= 0.6 is 23.1 Å². The van der Waals surface area contributed by atoms with Crippen LogP contribution in [0, 0.1) is 18.2 Å². The van der Waals surface area contributed by atoms with E-state index in [0.29, 0.717) is 27.3 Å². The van der Waals surface area contributed by atoms with Gasteiger partial charge < -0.3 is 11.1 Å². The molecule has 0 radical (unpaired) electrons. The molecule has 6 heteroatoms. The first-order valence-corrected chi connectivity index (χ1v) is 7.88. The van der Waals surface area contributed by atoms with E-state index in [4.69, 9.17) is 12.2 Å². The SMILES string of the molecule is C#CCSCCNC(=O)c1sc2cccc(F)c2c1N. The van der Waals surface area contributed by atoms with Crippen LogP contribution in [-0.4, -0.2) is 24.0 Å². The van der Waals surface area contributed by atoms with Gasteiger partial charge in [0.25, 0.3) is 5.91 Å². The third-order valence-electron chi connectivity index (χ3n) is 2.62. The van der Waals surface area contributed by atoms with Gasteiger partial charge in [0.05, 0.1) is 16.8 Å². The first-order chi connectivity index (χ1) is 9.65. The van der Waals surface area contributed by atoms with Gasteiger partial charge in [-0.3, -0.25) is 4.79 Å². The summed E-state index contributed by atoms with van der Waals surface area (Å²) in [6.07, 6.45) is 5.13. The standard InChI is InChI=1S/C14H13FN2OS2/c1-2-7-19-8-6-17-14(18)13-12(16)11-9(15)4-3-5-10(11)20-13/h1,3-5H,6-8,16H2,(H,17,18). The number of thiophene rings is 1. The van der Waals surface area contributed by atoms with E-state index in [0.717, 1.165) is 5.75 Å². The van der Waals surface area contributed by atoms with Gasteiger partial charge in [0, 0.05) is 17.0 Å². The maximum Gasteiger partial charge on any atom is 0.263 e. The fourth-order valence-electron chi connectivity index (χ4n) is 1.75. The summed E-state index contributed by atoms with van der Waals surface area (Å²) in [5, 5.41) is 3.08. The Balaban J connectivity index is 2.09. The maximum absolute atomic E-state index is 13.7. The van der Waals surface area contributed by atoms with Crippen LogP contribution in [-0.2, 0) is 0 Å². The number of thioether (sulfide) groups is 1. The van der Waals surface area contributed by atoms with Gasteiger partial charge in [-0.25, -0.2) is 4.39 Å². The molecule has 0 atom stereocenters. The first-order valence-electron chi connectivity index (χ1n) is 5.91. The van der Waals surface area contributed by atoms with Crippen LogP contribution in [0.4, 0.5) is 10.1 Å². The zero-order valence-electron chi connectivity index (χ0n) is 10.6. The van der Waals surface area contributed by atoms with Gasteiger partial charge in [-0.15, -0.1) is 29.5 Å². The fraction of sp³-hybridized carbons (Fsp3) is 0.214. The van der Waals surface area contributed by atoms with Crippen molar-refractivity contribution in [3.05, 3.63) is 28.9 Å². The number of fused-ring (bicyclic) bond motifs is 1. The quantitative estimate of drug-likeness (QED) is 0.659. The highest BCUT2D eigenvalue weighted by Gasteiger charge is 2.18. The molecule has 0 aliphatic rings. The number of hydrogen-bond acceptors (Lipinski definition) is 4. The Kier molecular flexibility index (Phi) is 4.88. The molecular formula is C14H13FN2OS2. The molecule has 0 aliphatic carbocycles. The second-order valence-electron chi connectivity index (χ2n) is 3.97. The fourth-order valence-corrected chi connectivity index (χ4v) is 3.31. The zero-order valence-corrected chi connectivity index (χ0v) is 12.2. The zero-order chi connectivity index (χ0) is 14.5. The molecule has 1 aromatic carbocycles. The van der Waals surface area contributed by atoms with Crippen LogP contribution in [0.2, 0.25) is 0 Å². The summed E-state index contributed by atoms with van der Waals surface area (Å²) in [5.74, 6) is 3.18. The molecule has 3 nitrogen and oxygen atoms in total. The van der Waals surface area contributed by atoms with Crippen LogP contribution in [0.5, 0.6) is 0 Å². The summed E-state index contributed by atoms with van der Waals surface area (Å²) in [5.41, 5.74) is 6.08. The molecular weight excluding hydrogens is 295 g/mol. The summed E-state index contributed by atoms with van der Waals surface area (Å²) in [4.78, 5) is 12.4. The summed E-state index contributed by atoms with van der Waals surface area (Å²) >= 11 is 2.76. The van der Waals surface area contributed by atoms with Crippen molar-refractivity contribution in [1.82, 2.24) is 5.32 Å². The highest BCUT2D eigenvalue weighted by atomic mass is 32.2. The average Bonchev–Trinajstić information content (AvgIpc) is 2.77. The Labute approximate surface area is 124 Å². The minimum Gasteiger partial charge on any atom is -0.397 e. The van der Waals surface area contributed by atoms with E-state index < -0.39 is 5.82 Å². The molecule has 1 heterocycles. The molecule has 2 aromatic rings. The van der Waals surface area contributed by atoms with Crippen molar-refractivity contribution in [3.63, 3.8) is 0 Å². The van der Waals surface area contributed by atoms with E-state index in [2.05, 4.69) is 11.2 Å². The predicted molar refractivity (Wildman–Crippen MR) is 84.7 cm³/mol. The van der Waals surface area contributed by atoms with E-state index in [1.54, 1.807) is 23.9 Å². The number of benzene rings is 1. The summed E-state index contributed by atoms with van der Waals surface area (Å²) in [7, 11) is 0. The number of carbonyl (C=O) groups is 1. The topological polar surface area (TPSA) is 55.1 Å². The van der Waals surface area contributed by atoms with Gasteiger partial charge in [0.15, 0.2) is 0 Å². The van der Waals surface area contributed by atoms with Crippen LogP contribution in [0.3, 0.4) is 0 Å². The Hall–Kier alpha value is -1.71. The third kappa shape index (κ3) is 3.06. The average molecular weight is 308 g/mol. The number of hydrogen-bond donors (Lipinski definition) is 2. The van der Waals surface area contributed by atoms with Crippen molar-refractivity contribution in [2.75, 3.05) is 23.8 Å². The molecule has 2 rings (SSSR count). The minimum atomic E-state index is -0.403. The number of terminal acetylenes is 1. The minimum absolute atomic E-state index is 0.205. The van der Waals surface area contributed by atoms with Gasteiger partial charge >= 0.3 is 0 Å². The highest BCUT2D eigenvalue weighted by molar-refractivity contribution is 7.99. The number of amides is 1. The first kappa shape index (κ1) is 14.7. The summed E-state index contributed by atoms with van der Waals surface area (Å²) in [6, 6.07) is 4.69. The van der Waals surface area contributed by atoms with Gasteiger partial charge in [-0.1, -0.05) is 12.0 Å². The van der Waals surface area contributed by atoms with Gasteiger partial charge in [0.2, 0.25) is 0 Å². The number of nitrogen functional groups attached to an aromatic ring is 1. The highest BCUT2D eigenvalue weighted by Crippen LogP contribution is 2.35. The molecule has 104 valence electrons. The van der Waals surface area contributed by atoms with Crippen LogP contribution in [0.1, 0.15) is 9.67 Å². The molecule has 0 aliphatic heterocycles. The lowest BCUT2D eigenvalue weighted by atomic mass is 10.2. The number of rotatable bonds is 5. The van der Waals surface area contributed by atoms with Crippen molar-refractivity contribution in [2.45, 2.75) is 0 Å². The Morgan fingerprint density at radius 3 is 3.05 bits per heavy atom. The maximum atomic E-state index is 13.7. The second kappa shape index (κ2) is 6.64. The van der Waals surface area contributed by atoms with E-state index in [-0.39, 0.29) is 11.6 Å². The molecule has 1 amide bonds. The second-order valence-corrected chi connectivity index (χ2v) is 6.13. The van der Waals surface area contributed by atoms with Gasteiger partial charge in [-0.05, 0) is 12.1 Å². The monoisotopic (exact) mass is 308 g/mol. The third-order valence-corrected chi connectivity index (χ3v) is 4.66. The molecule has 3 N–H and O–H groups in total. The number of carbonyl (C=O) groups excluding carboxylic acids is 1. The number of nitrogens with two attached hydrogens (primary N) is 1. The van der Waals surface area contributed by atoms with E-state index in [9.17, 15) is 9.18 Å². The summed E-state index contributed by atoms with van der Waals surface area (Å²) in [6.45, 7) is 0.501. The number of halogens is 1. The molecule has 0 spiro atoms. The Morgan fingerprint density at radius 2 is 2.35 bits per heavy atom.